The molecular formula is C27H23N5O2S. The molecule has 1 N–H and O–H groups in total. The number of para-hydroxylation sites is 2. The van der Waals surface area contributed by atoms with Gasteiger partial charge in [0.05, 0.1) is 21.9 Å². The quantitative estimate of drug-likeness (QED) is 0.345. The van der Waals surface area contributed by atoms with E-state index in [1.807, 2.05) is 84.4 Å². The maximum absolute atomic E-state index is 13.1. The van der Waals surface area contributed by atoms with E-state index in [2.05, 4.69) is 5.32 Å². The summed E-state index contributed by atoms with van der Waals surface area (Å²) in [5.41, 5.74) is 3.88. The van der Waals surface area contributed by atoms with E-state index in [9.17, 15) is 9.59 Å². The molecule has 8 heteroatoms. The molecule has 0 bridgehead atoms. The van der Waals surface area contributed by atoms with Crippen molar-refractivity contribution in [3.63, 3.8) is 0 Å². The summed E-state index contributed by atoms with van der Waals surface area (Å²) < 4.78 is 5.07. The van der Waals surface area contributed by atoms with Crippen LogP contribution in [-0.4, -0.2) is 25.1 Å². The first-order valence-electron chi connectivity index (χ1n) is 11.0. The minimum atomic E-state index is -0.388. The van der Waals surface area contributed by atoms with Gasteiger partial charge in [-0.15, -0.1) is 11.3 Å². The lowest BCUT2D eigenvalue weighted by Crippen LogP contribution is -2.22. The maximum Gasteiger partial charge on any atom is 0.295 e. The standard InChI is InChI=1S/C27H23N5O2S/c1-19-25(27(34)32(30(19)2)22-12-7-4-8-13-22)28-24(33)16-15-20-18-31(21-10-5-3-6-11-21)29-26(20)23-14-9-17-35-23/h3-18H,1-2H3,(H,28,33)/b16-15+. The van der Waals surface area contributed by atoms with E-state index in [0.29, 0.717) is 5.69 Å². The molecule has 0 radical (unpaired) electrons. The molecule has 5 rings (SSSR count). The van der Waals surface area contributed by atoms with Gasteiger partial charge in [-0.3, -0.25) is 14.3 Å². The molecule has 3 aromatic heterocycles. The van der Waals surface area contributed by atoms with Crippen LogP contribution in [-0.2, 0) is 11.8 Å². The van der Waals surface area contributed by atoms with Gasteiger partial charge in [-0.25, -0.2) is 9.36 Å². The van der Waals surface area contributed by atoms with Crippen molar-refractivity contribution in [3.05, 3.63) is 112 Å². The van der Waals surface area contributed by atoms with E-state index in [1.54, 1.807) is 40.7 Å². The van der Waals surface area contributed by atoms with Gasteiger partial charge in [-0.1, -0.05) is 42.5 Å². The van der Waals surface area contributed by atoms with Gasteiger partial charge in [-0.05, 0) is 48.7 Å². The van der Waals surface area contributed by atoms with Gasteiger partial charge in [0, 0.05) is 24.9 Å². The van der Waals surface area contributed by atoms with Crippen molar-refractivity contribution >= 4 is 29.0 Å². The monoisotopic (exact) mass is 481 g/mol. The number of rotatable bonds is 6. The van der Waals surface area contributed by atoms with Crippen molar-refractivity contribution < 1.29 is 4.79 Å². The van der Waals surface area contributed by atoms with Crippen LogP contribution in [0.1, 0.15) is 11.3 Å². The molecule has 0 aliphatic carbocycles. The van der Waals surface area contributed by atoms with Crippen LogP contribution in [0.2, 0.25) is 0 Å². The van der Waals surface area contributed by atoms with Crippen molar-refractivity contribution in [2.75, 3.05) is 5.32 Å². The van der Waals surface area contributed by atoms with Crippen LogP contribution >= 0.6 is 11.3 Å². The van der Waals surface area contributed by atoms with E-state index >= 15 is 0 Å². The van der Waals surface area contributed by atoms with E-state index in [1.165, 1.54) is 10.8 Å². The molecule has 0 atom stereocenters. The fourth-order valence-electron chi connectivity index (χ4n) is 3.87. The van der Waals surface area contributed by atoms with E-state index in [0.717, 1.165) is 27.5 Å². The minimum absolute atomic E-state index is 0.254. The van der Waals surface area contributed by atoms with Crippen LogP contribution in [0.3, 0.4) is 0 Å². The van der Waals surface area contributed by atoms with E-state index < -0.39 is 0 Å². The highest BCUT2D eigenvalue weighted by Gasteiger charge is 2.17. The fraction of sp³-hybridized carbons (Fsp3) is 0.0741. The zero-order valence-electron chi connectivity index (χ0n) is 19.3. The first-order valence-corrected chi connectivity index (χ1v) is 11.9. The van der Waals surface area contributed by atoms with E-state index in [4.69, 9.17) is 5.10 Å². The van der Waals surface area contributed by atoms with Crippen molar-refractivity contribution in [3.8, 4) is 21.9 Å². The Morgan fingerprint density at radius 2 is 1.66 bits per heavy atom. The van der Waals surface area contributed by atoms with Gasteiger partial charge < -0.3 is 5.32 Å². The number of hydrogen-bond acceptors (Lipinski definition) is 4. The Labute approximate surface area is 206 Å². The number of anilines is 1. The Bertz CT molecular complexity index is 1560. The van der Waals surface area contributed by atoms with Crippen LogP contribution in [0.4, 0.5) is 5.69 Å². The SMILES string of the molecule is Cc1c(NC(=O)/C=C/c2cn(-c3ccccc3)nc2-c2cccs2)c(=O)n(-c2ccccc2)n1C. The number of amides is 1. The van der Waals surface area contributed by atoms with Crippen molar-refractivity contribution in [1.82, 2.24) is 19.1 Å². The Hall–Kier alpha value is -4.43. The number of nitrogens with zero attached hydrogens (tertiary/aromatic N) is 4. The van der Waals surface area contributed by atoms with Gasteiger partial charge in [-0.2, -0.15) is 5.10 Å². The Morgan fingerprint density at radius 1 is 0.971 bits per heavy atom. The molecule has 5 aromatic rings. The Balaban J connectivity index is 1.44. The maximum atomic E-state index is 13.1. The first kappa shape index (κ1) is 22.4. The topological polar surface area (TPSA) is 73.8 Å². The summed E-state index contributed by atoms with van der Waals surface area (Å²) in [6.45, 7) is 1.80. The molecule has 35 heavy (non-hydrogen) atoms. The van der Waals surface area contributed by atoms with Crippen LogP contribution < -0.4 is 10.9 Å². The van der Waals surface area contributed by atoms with Gasteiger partial charge in [0.25, 0.3) is 5.56 Å². The predicted molar refractivity (Wildman–Crippen MR) is 140 cm³/mol. The second kappa shape index (κ2) is 9.44. The number of hydrogen-bond donors (Lipinski definition) is 1. The lowest BCUT2D eigenvalue weighted by molar-refractivity contribution is -0.111. The molecule has 0 saturated carbocycles. The molecule has 1 amide bonds. The predicted octanol–water partition coefficient (Wildman–Crippen LogP) is 5.05. The molecule has 3 heterocycles. The highest BCUT2D eigenvalue weighted by Crippen LogP contribution is 2.28. The largest absolute Gasteiger partial charge is 0.316 e. The third kappa shape index (κ3) is 4.39. The highest BCUT2D eigenvalue weighted by molar-refractivity contribution is 7.13. The lowest BCUT2D eigenvalue weighted by Gasteiger charge is -2.07. The Morgan fingerprint density at radius 3 is 2.31 bits per heavy atom. The fourth-order valence-corrected chi connectivity index (χ4v) is 4.60. The highest BCUT2D eigenvalue weighted by atomic mass is 32.1. The summed E-state index contributed by atoms with van der Waals surface area (Å²) in [6.07, 6.45) is 5.05. The number of nitrogens with one attached hydrogen (secondary N) is 1. The molecule has 0 aliphatic heterocycles. The van der Waals surface area contributed by atoms with Gasteiger partial charge in [0.2, 0.25) is 5.91 Å². The number of benzene rings is 2. The normalized spacial score (nSPS) is 11.3. The summed E-state index contributed by atoms with van der Waals surface area (Å²) in [4.78, 5) is 26.9. The number of aromatic nitrogens is 4. The average Bonchev–Trinajstić information content (AvgIpc) is 3.60. The zero-order valence-corrected chi connectivity index (χ0v) is 20.1. The second-order valence-corrected chi connectivity index (χ2v) is 8.90. The van der Waals surface area contributed by atoms with Crippen molar-refractivity contribution in [2.45, 2.75) is 6.92 Å². The van der Waals surface area contributed by atoms with Gasteiger partial charge in [0.15, 0.2) is 0 Å². The summed E-state index contributed by atoms with van der Waals surface area (Å²) in [5, 5.41) is 9.51. The third-order valence-electron chi connectivity index (χ3n) is 5.73. The summed E-state index contributed by atoms with van der Waals surface area (Å²) >= 11 is 1.58. The molecule has 2 aromatic carbocycles. The van der Waals surface area contributed by atoms with Crippen LogP contribution in [0.25, 0.3) is 28.0 Å². The third-order valence-corrected chi connectivity index (χ3v) is 6.61. The molecule has 0 unspecified atom stereocenters. The van der Waals surface area contributed by atoms with Crippen molar-refractivity contribution in [2.24, 2.45) is 7.05 Å². The molecule has 0 spiro atoms. The summed E-state index contributed by atoms with van der Waals surface area (Å²) in [5.74, 6) is -0.388. The molecule has 0 aliphatic rings. The average molecular weight is 482 g/mol. The van der Waals surface area contributed by atoms with Crippen LogP contribution in [0, 0.1) is 6.92 Å². The molecule has 7 nitrogen and oxygen atoms in total. The minimum Gasteiger partial charge on any atom is -0.316 e. The lowest BCUT2D eigenvalue weighted by atomic mass is 10.2. The summed E-state index contributed by atoms with van der Waals surface area (Å²) in [7, 11) is 1.79. The molecule has 0 saturated heterocycles. The number of carbonyl (C=O) groups is 1. The van der Waals surface area contributed by atoms with Crippen LogP contribution in [0.15, 0.2) is 95.2 Å². The first-order chi connectivity index (χ1) is 17.0. The molecule has 0 fully saturated rings. The summed E-state index contributed by atoms with van der Waals surface area (Å²) in [6, 6.07) is 23.1. The molecular weight excluding hydrogens is 458 g/mol. The van der Waals surface area contributed by atoms with E-state index in [-0.39, 0.29) is 17.2 Å². The smallest absolute Gasteiger partial charge is 0.295 e. The Kier molecular flexibility index (Phi) is 6.03. The molecule has 174 valence electrons. The zero-order chi connectivity index (χ0) is 24.4. The number of carbonyl (C=O) groups excluding carboxylic acids is 1. The van der Waals surface area contributed by atoms with Crippen molar-refractivity contribution in [1.29, 1.82) is 0 Å². The van der Waals surface area contributed by atoms with Crippen LogP contribution in [0.5, 0.6) is 0 Å². The van der Waals surface area contributed by atoms with Gasteiger partial charge >= 0.3 is 0 Å². The van der Waals surface area contributed by atoms with Gasteiger partial charge in [0.1, 0.15) is 11.4 Å². The number of thiophene rings is 1. The second-order valence-electron chi connectivity index (χ2n) is 7.95.